The van der Waals surface area contributed by atoms with Crippen molar-refractivity contribution in [2.24, 2.45) is 0 Å². The van der Waals surface area contributed by atoms with Gasteiger partial charge in [0.2, 0.25) is 0 Å². The molecular weight excluding hydrogens is 258 g/mol. The van der Waals surface area contributed by atoms with Gasteiger partial charge in [-0.25, -0.2) is 14.9 Å². The van der Waals surface area contributed by atoms with Gasteiger partial charge >= 0.3 is 64.6 Å². The molecular formula is C8H4BF2N2Rb. The fourth-order valence-corrected chi connectivity index (χ4v) is 0.906. The summed E-state index contributed by atoms with van der Waals surface area (Å²) in [5, 5.41) is 16.8. The van der Waals surface area contributed by atoms with Crippen LogP contribution in [-0.4, -0.2) is 6.42 Å². The second-order valence-electron chi connectivity index (χ2n) is 2.57. The first kappa shape index (κ1) is 13.9. The Morgan fingerprint density at radius 2 is 1.50 bits per heavy atom. The van der Waals surface area contributed by atoms with Crippen LogP contribution in [0.2, 0.25) is 0 Å². The maximum atomic E-state index is 13.3. The predicted molar refractivity (Wildman–Crippen MR) is 44.1 cm³/mol. The summed E-state index contributed by atoms with van der Waals surface area (Å²) >= 11 is 0. The number of nitrogens with zero attached hydrogens (tertiary/aromatic N) is 2. The van der Waals surface area contributed by atoms with Crippen LogP contribution in [0, 0.1) is 28.3 Å². The van der Waals surface area contributed by atoms with Crippen LogP contribution < -0.4 is 63.7 Å². The van der Waals surface area contributed by atoms with E-state index in [-0.39, 0.29) is 63.7 Å². The fourth-order valence-electron chi connectivity index (χ4n) is 0.906. The maximum absolute atomic E-state index is 13.3. The fraction of sp³-hybridized carbons (Fsp3) is 0. The molecule has 0 spiro atoms. The van der Waals surface area contributed by atoms with Crippen LogP contribution in [0.25, 0.3) is 0 Å². The molecule has 0 unspecified atom stereocenters. The SMILES string of the molecule is N#C[B-](F)(C#N)c1ccc(F)cc1.[Rb+]. The number of hydrogen-bond acceptors (Lipinski definition) is 2. The Bertz CT molecular complexity index is 379. The van der Waals surface area contributed by atoms with Gasteiger partial charge in [0.25, 0.3) is 0 Å². The van der Waals surface area contributed by atoms with E-state index in [2.05, 4.69) is 0 Å². The van der Waals surface area contributed by atoms with Crippen LogP contribution in [0.3, 0.4) is 0 Å². The Kier molecular flexibility index (Phi) is 5.70. The summed E-state index contributed by atoms with van der Waals surface area (Å²) in [7, 11) is 0. The van der Waals surface area contributed by atoms with Crippen LogP contribution in [0.15, 0.2) is 24.3 Å². The molecule has 6 heteroatoms. The molecule has 64 valence electrons. The van der Waals surface area contributed by atoms with Gasteiger partial charge in [0.05, 0.1) is 0 Å². The summed E-state index contributed by atoms with van der Waals surface area (Å²) < 4.78 is 25.7. The minimum atomic E-state index is -3.35. The summed E-state index contributed by atoms with van der Waals surface area (Å²) in [6.07, 6.45) is -3.35. The van der Waals surface area contributed by atoms with Crippen molar-refractivity contribution in [1.82, 2.24) is 0 Å². The van der Waals surface area contributed by atoms with E-state index < -0.39 is 12.2 Å². The second kappa shape index (κ2) is 5.72. The molecule has 1 aromatic rings. The third-order valence-electron chi connectivity index (χ3n) is 1.69. The van der Waals surface area contributed by atoms with Crippen molar-refractivity contribution in [3.05, 3.63) is 30.1 Å². The van der Waals surface area contributed by atoms with Crippen LogP contribution >= 0.6 is 0 Å². The average molecular weight is 262 g/mol. The summed E-state index contributed by atoms with van der Waals surface area (Å²) in [4.78, 5) is 0. The standard InChI is InChI=1S/C8H4BF2N2.Rb/c10-8-3-1-7(2-4-8)9(11,5-12)6-13;/h1-4H;/q-1;+1. The molecule has 0 radical (unpaired) electrons. The van der Waals surface area contributed by atoms with Crippen molar-refractivity contribution in [2.75, 3.05) is 0 Å². The van der Waals surface area contributed by atoms with Gasteiger partial charge in [-0.2, -0.15) is 0 Å². The topological polar surface area (TPSA) is 47.6 Å². The first-order valence-electron chi connectivity index (χ1n) is 3.54. The number of hydrogen-bond donors (Lipinski definition) is 0. The first-order chi connectivity index (χ1) is 6.12. The molecule has 1 rings (SSSR count). The molecule has 0 fully saturated rings. The van der Waals surface area contributed by atoms with E-state index in [4.69, 9.17) is 10.5 Å². The van der Waals surface area contributed by atoms with Crippen molar-refractivity contribution in [3.8, 4) is 11.9 Å². The minimum Gasteiger partial charge on any atom is -0.476 e. The van der Waals surface area contributed by atoms with E-state index in [0.29, 0.717) is 0 Å². The summed E-state index contributed by atoms with van der Waals surface area (Å²) in [6, 6.07) is 4.23. The van der Waals surface area contributed by atoms with Crippen LogP contribution in [0.4, 0.5) is 8.71 Å². The van der Waals surface area contributed by atoms with Gasteiger partial charge in [-0.3, -0.25) is 0 Å². The van der Waals surface area contributed by atoms with Gasteiger partial charge in [-0.1, -0.05) is 24.1 Å². The zero-order chi connectivity index (χ0) is 9.90. The molecule has 0 saturated carbocycles. The van der Waals surface area contributed by atoms with E-state index in [0.717, 1.165) is 24.3 Å². The predicted octanol–water partition coefficient (Wildman–Crippen LogP) is -1.92. The van der Waals surface area contributed by atoms with Crippen LogP contribution in [0.5, 0.6) is 0 Å². The quantitative estimate of drug-likeness (QED) is 0.554. The molecule has 1 aromatic carbocycles. The van der Waals surface area contributed by atoms with Crippen LogP contribution in [0.1, 0.15) is 0 Å². The third-order valence-corrected chi connectivity index (χ3v) is 1.69. The molecule has 0 aliphatic rings. The van der Waals surface area contributed by atoms with Crippen molar-refractivity contribution >= 4 is 11.9 Å². The molecule has 0 bridgehead atoms. The average Bonchev–Trinajstić information content (AvgIpc) is 2.18. The molecule has 2 nitrogen and oxygen atoms in total. The van der Waals surface area contributed by atoms with Gasteiger partial charge in [-0.05, 0) is 12.1 Å². The molecule has 0 heterocycles. The molecule has 14 heavy (non-hydrogen) atoms. The molecule has 0 saturated heterocycles. The van der Waals surface area contributed by atoms with E-state index in [1.807, 2.05) is 0 Å². The number of benzene rings is 1. The van der Waals surface area contributed by atoms with Gasteiger partial charge < -0.3 is 4.32 Å². The Balaban J connectivity index is 0.00000169. The zero-order valence-corrected chi connectivity index (χ0v) is 12.5. The van der Waals surface area contributed by atoms with Crippen molar-refractivity contribution < 1.29 is 66.9 Å². The molecule has 0 atom stereocenters. The normalized spacial score (nSPS) is 9.43. The zero-order valence-electron chi connectivity index (χ0n) is 7.54. The minimum absolute atomic E-state index is 0. The third kappa shape index (κ3) is 2.96. The van der Waals surface area contributed by atoms with Crippen molar-refractivity contribution in [3.63, 3.8) is 0 Å². The number of nitriles is 2. The molecule has 0 N–H and O–H groups in total. The van der Waals surface area contributed by atoms with Crippen LogP contribution in [-0.2, 0) is 0 Å². The Morgan fingerprint density at radius 1 is 1.07 bits per heavy atom. The van der Waals surface area contributed by atoms with E-state index in [9.17, 15) is 8.71 Å². The number of halogens is 2. The molecule has 0 amide bonds. The maximum Gasteiger partial charge on any atom is 1.00 e. The Labute approximate surface area is 129 Å². The second-order valence-corrected chi connectivity index (χ2v) is 2.57. The molecule has 0 aliphatic heterocycles. The smallest absolute Gasteiger partial charge is 0.476 e. The summed E-state index contributed by atoms with van der Waals surface area (Å²) in [5.41, 5.74) is -0.0913. The Hall–Kier alpha value is -0.0699. The summed E-state index contributed by atoms with van der Waals surface area (Å²) in [6.45, 7) is 0. The van der Waals surface area contributed by atoms with Crippen molar-refractivity contribution in [1.29, 1.82) is 10.5 Å². The monoisotopic (exact) mass is 262 g/mol. The van der Waals surface area contributed by atoms with Gasteiger partial charge in [0, 0.05) is 0 Å². The van der Waals surface area contributed by atoms with Gasteiger partial charge in [-0.15, -0.1) is 5.46 Å². The van der Waals surface area contributed by atoms with E-state index >= 15 is 0 Å². The molecule has 0 aliphatic carbocycles. The Morgan fingerprint density at radius 3 is 1.86 bits per heavy atom. The largest absolute Gasteiger partial charge is 1.00 e. The van der Waals surface area contributed by atoms with Crippen molar-refractivity contribution in [2.45, 2.75) is 0 Å². The number of rotatable bonds is 1. The first-order valence-corrected chi connectivity index (χ1v) is 3.54. The van der Waals surface area contributed by atoms with Gasteiger partial charge in [0.1, 0.15) is 5.82 Å². The van der Waals surface area contributed by atoms with Gasteiger partial charge in [0.15, 0.2) is 0 Å². The molecule has 0 aromatic heterocycles. The summed E-state index contributed by atoms with van der Waals surface area (Å²) in [5.74, 6) is 2.02. The van der Waals surface area contributed by atoms with E-state index in [1.54, 1.807) is 0 Å². The van der Waals surface area contributed by atoms with E-state index in [1.165, 1.54) is 11.9 Å².